The molecule has 1 N–H and O–H groups in total. The normalized spacial score (nSPS) is 11.8. The van der Waals surface area contributed by atoms with Crippen molar-refractivity contribution in [3.63, 3.8) is 0 Å². The first-order valence-electron chi connectivity index (χ1n) is 9.78. The highest BCUT2D eigenvalue weighted by molar-refractivity contribution is 7.91. The highest BCUT2D eigenvalue weighted by atomic mass is 32.2. The van der Waals surface area contributed by atoms with Gasteiger partial charge < -0.3 is 14.6 Å². The van der Waals surface area contributed by atoms with Crippen molar-refractivity contribution in [2.45, 2.75) is 38.1 Å². The fourth-order valence-electron chi connectivity index (χ4n) is 3.24. The number of aromatic nitrogens is 4. The Labute approximate surface area is 177 Å². The van der Waals surface area contributed by atoms with E-state index in [1.807, 2.05) is 19.2 Å². The Morgan fingerprint density at radius 1 is 1.13 bits per heavy atom. The number of nitrogens with zero attached hydrogens (tertiary/aromatic N) is 4. The Bertz CT molecular complexity index is 1090. The number of hydrogen-bond donors (Lipinski definition) is 1. The van der Waals surface area contributed by atoms with E-state index in [2.05, 4.69) is 38.7 Å². The van der Waals surface area contributed by atoms with Gasteiger partial charge in [-0.3, -0.25) is 0 Å². The third-order valence-electron chi connectivity index (χ3n) is 4.65. The minimum absolute atomic E-state index is 0.0573. The zero-order valence-corrected chi connectivity index (χ0v) is 18.5. The molecular weight excluding hydrogens is 402 g/mol. The van der Waals surface area contributed by atoms with Gasteiger partial charge in [0, 0.05) is 31.6 Å². The maximum Gasteiger partial charge on any atom is 0.227 e. The van der Waals surface area contributed by atoms with Gasteiger partial charge in [-0.15, -0.1) is 0 Å². The molecule has 0 amide bonds. The Kier molecular flexibility index (Phi) is 6.84. The summed E-state index contributed by atoms with van der Waals surface area (Å²) in [6, 6.07) is 8.70. The molecule has 8 nitrogen and oxygen atoms in total. The number of sulfone groups is 1. The van der Waals surface area contributed by atoms with Gasteiger partial charge in [-0.05, 0) is 57.5 Å². The van der Waals surface area contributed by atoms with E-state index in [0.717, 1.165) is 17.2 Å². The van der Waals surface area contributed by atoms with E-state index < -0.39 is 9.84 Å². The van der Waals surface area contributed by atoms with Gasteiger partial charge in [0.15, 0.2) is 9.84 Å². The van der Waals surface area contributed by atoms with Gasteiger partial charge in [0.2, 0.25) is 5.95 Å². The summed E-state index contributed by atoms with van der Waals surface area (Å²) in [4.78, 5) is 13.6. The molecule has 0 aliphatic heterocycles. The number of ether oxygens (including phenoxy) is 1. The van der Waals surface area contributed by atoms with E-state index in [4.69, 9.17) is 4.74 Å². The number of aryl methyl sites for hydroxylation is 1. The van der Waals surface area contributed by atoms with Crippen LogP contribution in [0.2, 0.25) is 0 Å². The van der Waals surface area contributed by atoms with Crippen molar-refractivity contribution in [3.8, 4) is 11.4 Å². The van der Waals surface area contributed by atoms with Crippen LogP contribution in [0, 0.1) is 6.92 Å². The van der Waals surface area contributed by atoms with Gasteiger partial charge in [0.1, 0.15) is 5.82 Å². The molecule has 1 aromatic carbocycles. The minimum atomic E-state index is -3.32. The van der Waals surface area contributed by atoms with Crippen molar-refractivity contribution in [3.05, 3.63) is 48.5 Å². The van der Waals surface area contributed by atoms with Crippen LogP contribution in [-0.4, -0.2) is 47.4 Å². The summed E-state index contributed by atoms with van der Waals surface area (Å²) in [7, 11) is -1.77. The van der Waals surface area contributed by atoms with E-state index in [9.17, 15) is 8.42 Å². The summed E-state index contributed by atoms with van der Waals surface area (Å²) in [5.41, 5.74) is 2.39. The zero-order chi connectivity index (χ0) is 21.7. The second-order valence-corrected chi connectivity index (χ2v) is 9.34. The molecule has 0 atom stereocenters. The number of anilines is 2. The number of nitrogens with one attached hydrogen (secondary N) is 1. The van der Waals surface area contributed by atoms with E-state index >= 15 is 0 Å². The van der Waals surface area contributed by atoms with Crippen LogP contribution in [0.1, 0.15) is 32.1 Å². The maximum absolute atomic E-state index is 12.4. The van der Waals surface area contributed by atoms with Crippen molar-refractivity contribution in [1.82, 2.24) is 19.5 Å². The summed E-state index contributed by atoms with van der Waals surface area (Å²) >= 11 is 0. The zero-order valence-electron chi connectivity index (χ0n) is 17.7. The molecule has 0 spiro atoms. The number of imidazole rings is 1. The van der Waals surface area contributed by atoms with Gasteiger partial charge >= 0.3 is 0 Å². The van der Waals surface area contributed by atoms with Crippen LogP contribution in [0.25, 0.3) is 11.4 Å². The molecule has 30 heavy (non-hydrogen) atoms. The molecule has 9 heteroatoms. The molecule has 0 fully saturated rings. The van der Waals surface area contributed by atoms with Gasteiger partial charge in [-0.2, -0.15) is 0 Å². The van der Waals surface area contributed by atoms with E-state index in [-0.39, 0.29) is 16.7 Å². The highest BCUT2D eigenvalue weighted by Crippen LogP contribution is 2.24. The summed E-state index contributed by atoms with van der Waals surface area (Å²) < 4.78 is 31.8. The lowest BCUT2D eigenvalue weighted by Gasteiger charge is -2.14. The van der Waals surface area contributed by atoms with Crippen LogP contribution in [0.3, 0.4) is 0 Å². The van der Waals surface area contributed by atoms with Crippen molar-refractivity contribution in [1.29, 1.82) is 0 Å². The molecular formula is C21H27N5O3S. The Hall–Kier alpha value is -2.78. The fourth-order valence-corrected chi connectivity index (χ4v) is 4.53. The van der Waals surface area contributed by atoms with Crippen molar-refractivity contribution in [2.24, 2.45) is 0 Å². The molecule has 2 aromatic heterocycles. The number of benzene rings is 1. The molecule has 3 rings (SSSR count). The van der Waals surface area contributed by atoms with Crippen LogP contribution < -0.4 is 5.32 Å². The predicted molar refractivity (Wildman–Crippen MR) is 117 cm³/mol. The Morgan fingerprint density at radius 2 is 1.87 bits per heavy atom. The molecule has 0 saturated heterocycles. The molecule has 0 bridgehead atoms. The lowest BCUT2D eigenvalue weighted by Crippen LogP contribution is -2.09. The molecule has 2 heterocycles. The van der Waals surface area contributed by atoms with E-state index in [1.54, 1.807) is 37.6 Å². The van der Waals surface area contributed by atoms with Crippen molar-refractivity contribution < 1.29 is 13.2 Å². The Morgan fingerprint density at radius 3 is 2.53 bits per heavy atom. The molecule has 0 unspecified atom stereocenters. The monoisotopic (exact) mass is 429 g/mol. The molecule has 0 aliphatic rings. The Balaban J connectivity index is 1.77. The van der Waals surface area contributed by atoms with Crippen LogP contribution in [0.15, 0.2) is 47.6 Å². The second-order valence-electron chi connectivity index (χ2n) is 7.23. The summed E-state index contributed by atoms with van der Waals surface area (Å²) in [5, 5.41) is 3.13. The summed E-state index contributed by atoms with van der Waals surface area (Å²) in [6.45, 7) is 6.59. The molecule has 0 saturated carbocycles. The number of rotatable bonds is 9. The average molecular weight is 430 g/mol. The van der Waals surface area contributed by atoms with Gasteiger partial charge in [0.05, 0.1) is 28.2 Å². The van der Waals surface area contributed by atoms with Gasteiger partial charge in [-0.25, -0.2) is 23.4 Å². The van der Waals surface area contributed by atoms with Crippen LogP contribution in [0.4, 0.5) is 11.6 Å². The second kappa shape index (κ2) is 9.36. The summed E-state index contributed by atoms with van der Waals surface area (Å²) in [6.07, 6.45) is 3.96. The van der Waals surface area contributed by atoms with Crippen molar-refractivity contribution >= 4 is 21.5 Å². The molecule has 160 valence electrons. The van der Waals surface area contributed by atoms with Crippen LogP contribution in [-0.2, 0) is 14.6 Å². The van der Waals surface area contributed by atoms with Crippen molar-refractivity contribution in [2.75, 3.05) is 24.8 Å². The lowest BCUT2D eigenvalue weighted by atomic mass is 10.2. The number of hydrogen-bond acceptors (Lipinski definition) is 7. The average Bonchev–Trinajstić information content (AvgIpc) is 3.10. The lowest BCUT2D eigenvalue weighted by molar-refractivity contribution is 0.199. The molecule has 0 aliphatic carbocycles. The first-order valence-corrected chi connectivity index (χ1v) is 11.4. The topological polar surface area (TPSA) is 99.0 Å². The quantitative estimate of drug-likeness (QED) is 0.517. The van der Waals surface area contributed by atoms with E-state index in [0.29, 0.717) is 24.7 Å². The van der Waals surface area contributed by atoms with Crippen LogP contribution in [0.5, 0.6) is 0 Å². The third kappa shape index (κ3) is 5.03. The largest absolute Gasteiger partial charge is 0.385 e. The molecule has 0 radical (unpaired) electrons. The predicted octanol–water partition coefficient (Wildman–Crippen LogP) is 3.78. The van der Waals surface area contributed by atoms with E-state index in [1.165, 1.54) is 0 Å². The number of methoxy groups -OCH3 is 1. The first kappa shape index (κ1) is 21.9. The summed E-state index contributed by atoms with van der Waals surface area (Å²) in [5.74, 6) is 1.41. The first-order chi connectivity index (χ1) is 14.3. The fraction of sp³-hybridized carbons (Fsp3) is 0.381. The van der Waals surface area contributed by atoms with Gasteiger partial charge in [0.25, 0.3) is 0 Å². The minimum Gasteiger partial charge on any atom is -0.385 e. The SMILES string of the molecule is COCCCS(=O)(=O)c1ccc(Nc2nccc(-c3cnc(C)n3C(C)C)n2)cc1. The molecule has 3 aromatic rings. The standard InChI is InChI=1S/C21H27N5O3S/c1-15(2)26-16(3)23-14-20(26)19-10-11-22-21(25-19)24-17-6-8-18(9-7-17)30(27,28)13-5-12-29-4/h6-11,14-15H,5,12-13H2,1-4H3,(H,22,24,25). The maximum atomic E-state index is 12.4. The van der Waals surface area contributed by atoms with Crippen LogP contribution >= 0.6 is 0 Å². The highest BCUT2D eigenvalue weighted by Gasteiger charge is 2.15. The van der Waals surface area contributed by atoms with Gasteiger partial charge in [-0.1, -0.05) is 0 Å². The third-order valence-corrected chi connectivity index (χ3v) is 6.46. The smallest absolute Gasteiger partial charge is 0.227 e.